The van der Waals surface area contributed by atoms with Gasteiger partial charge in [-0.1, -0.05) is 0 Å². The van der Waals surface area contributed by atoms with E-state index in [4.69, 9.17) is 4.74 Å². The predicted octanol–water partition coefficient (Wildman–Crippen LogP) is 3.67. The van der Waals surface area contributed by atoms with Crippen molar-refractivity contribution in [3.63, 3.8) is 0 Å². The van der Waals surface area contributed by atoms with Crippen molar-refractivity contribution >= 4 is 31.8 Å². The second-order valence-corrected chi connectivity index (χ2v) is 7.26. The zero-order valence-electron chi connectivity index (χ0n) is 12.7. The first-order valence-electron chi connectivity index (χ1n) is 7.11. The van der Waals surface area contributed by atoms with Crippen molar-refractivity contribution in [2.45, 2.75) is 38.7 Å². The summed E-state index contributed by atoms with van der Waals surface area (Å²) in [4.78, 5) is 20.4. The number of hydrogen-bond acceptors (Lipinski definition) is 6. The minimum atomic E-state index is -4.82. The van der Waals surface area contributed by atoms with E-state index in [0.29, 0.717) is 23.2 Å². The topological polar surface area (TPSA) is 65.2 Å². The van der Waals surface area contributed by atoms with Crippen molar-refractivity contribution in [2.75, 3.05) is 0 Å². The summed E-state index contributed by atoms with van der Waals surface area (Å²) in [6, 6.07) is 1.71. The fourth-order valence-corrected chi connectivity index (χ4v) is 3.72. The Morgan fingerprint density at radius 2 is 2.04 bits per heavy atom. The van der Waals surface area contributed by atoms with Crippen LogP contribution in [0.5, 0.6) is 0 Å². The summed E-state index contributed by atoms with van der Waals surface area (Å²) in [5.74, 6) is -1.55. The average Bonchev–Trinajstić information content (AvgIpc) is 2.81. The highest BCUT2D eigenvalue weighted by Crippen LogP contribution is 2.36. The van der Waals surface area contributed by atoms with Crippen LogP contribution >= 0.6 is 11.3 Å². The highest BCUT2D eigenvalue weighted by Gasteiger charge is 2.38. The predicted molar refractivity (Wildman–Crippen MR) is 81.0 cm³/mol. The lowest BCUT2D eigenvalue weighted by molar-refractivity contribution is -0.158. The molecule has 5 nitrogen and oxygen atoms in total. The van der Waals surface area contributed by atoms with Gasteiger partial charge in [0.2, 0.25) is 0 Å². The van der Waals surface area contributed by atoms with Gasteiger partial charge in [0.25, 0.3) is 0 Å². The van der Waals surface area contributed by atoms with Gasteiger partial charge in [-0.05, 0) is 19.9 Å². The first-order valence-corrected chi connectivity index (χ1v) is 7.93. The lowest BCUT2D eigenvalue weighted by atomic mass is 9.95. The zero-order chi connectivity index (χ0) is 17.3. The number of nitrogens with zero attached hydrogens (tertiary/aromatic N) is 2. The molecule has 1 aliphatic heterocycles. The minimum Gasteiger partial charge on any atom is -0.398 e. The highest BCUT2D eigenvalue weighted by molar-refractivity contribution is 7.25. The molecule has 0 N–H and O–H groups in total. The number of hydrogen-bond donors (Lipinski definition) is 0. The second kappa shape index (κ2) is 4.76. The summed E-state index contributed by atoms with van der Waals surface area (Å²) in [6.07, 6.45) is -4.24. The van der Waals surface area contributed by atoms with Crippen LogP contribution in [0.1, 0.15) is 31.0 Å². The molecule has 126 valence electrons. The maximum absolute atomic E-state index is 12.8. The Morgan fingerprint density at radius 1 is 1.29 bits per heavy atom. The molecule has 0 saturated heterocycles. The molecule has 0 unspecified atom stereocenters. The summed E-state index contributed by atoms with van der Waals surface area (Å²) < 4.78 is 48.6. The van der Waals surface area contributed by atoms with Gasteiger partial charge in [0.15, 0.2) is 0 Å². The highest BCUT2D eigenvalue weighted by atomic mass is 32.1. The van der Waals surface area contributed by atoms with Crippen molar-refractivity contribution in [1.82, 2.24) is 9.97 Å². The van der Waals surface area contributed by atoms with Crippen LogP contribution in [0.3, 0.4) is 0 Å². The Kier molecular flexibility index (Phi) is 3.08. The number of pyridine rings is 1. The van der Waals surface area contributed by atoms with Crippen molar-refractivity contribution in [2.24, 2.45) is 0 Å². The number of fused-ring (bicyclic) bond motifs is 4. The summed E-state index contributed by atoms with van der Waals surface area (Å²) in [7, 11) is 0. The first-order chi connectivity index (χ1) is 11.1. The van der Waals surface area contributed by atoms with Crippen LogP contribution in [0, 0.1) is 0 Å². The van der Waals surface area contributed by atoms with Gasteiger partial charge in [-0.15, -0.1) is 11.3 Å². The monoisotopic (exact) mass is 356 g/mol. The SMILES string of the molecule is CC1(C)Cc2nc3sc4c(=O)oc(C(F)(F)F)nc4c3cc2CO1. The van der Waals surface area contributed by atoms with Crippen LogP contribution in [0.15, 0.2) is 15.3 Å². The molecule has 0 radical (unpaired) electrons. The quantitative estimate of drug-likeness (QED) is 0.615. The van der Waals surface area contributed by atoms with Crippen molar-refractivity contribution in [3.8, 4) is 0 Å². The van der Waals surface area contributed by atoms with Gasteiger partial charge in [0, 0.05) is 17.4 Å². The number of ether oxygens (including phenoxy) is 1. The summed E-state index contributed by atoms with van der Waals surface area (Å²) in [6.45, 7) is 4.20. The molecule has 1 aliphatic rings. The summed E-state index contributed by atoms with van der Waals surface area (Å²) >= 11 is 0.993. The average molecular weight is 356 g/mol. The molecule has 0 aromatic carbocycles. The van der Waals surface area contributed by atoms with Crippen molar-refractivity contribution < 1.29 is 22.3 Å². The van der Waals surface area contributed by atoms with Crippen molar-refractivity contribution in [1.29, 1.82) is 0 Å². The van der Waals surface area contributed by atoms with Gasteiger partial charge in [0.1, 0.15) is 15.0 Å². The van der Waals surface area contributed by atoms with Crippen molar-refractivity contribution in [3.05, 3.63) is 33.6 Å². The first kappa shape index (κ1) is 15.5. The maximum atomic E-state index is 12.8. The molecule has 24 heavy (non-hydrogen) atoms. The second-order valence-electron chi connectivity index (χ2n) is 6.26. The van der Waals surface area contributed by atoms with E-state index in [1.165, 1.54) is 0 Å². The third-order valence-electron chi connectivity index (χ3n) is 3.87. The molecular weight excluding hydrogens is 345 g/mol. The summed E-state index contributed by atoms with van der Waals surface area (Å²) in [5, 5.41) is 0.412. The van der Waals surface area contributed by atoms with E-state index in [0.717, 1.165) is 22.6 Å². The lowest BCUT2D eigenvalue weighted by Crippen LogP contribution is -2.32. The Hall–Kier alpha value is -2.00. The van der Waals surface area contributed by atoms with Crippen LogP contribution in [-0.4, -0.2) is 15.6 Å². The molecule has 0 bridgehead atoms. The molecule has 0 spiro atoms. The zero-order valence-corrected chi connectivity index (χ0v) is 13.5. The van der Waals surface area contributed by atoms with Gasteiger partial charge in [0.05, 0.1) is 17.9 Å². The fourth-order valence-electron chi connectivity index (χ4n) is 2.72. The standard InChI is InChI=1S/C15H11F3N2O3S/c1-14(2)4-8-6(5-22-14)3-7-9-10(24-11(7)19-8)12(21)23-13(20-9)15(16,17)18/h3H,4-5H2,1-2H3. The molecular formula is C15H11F3N2O3S. The molecule has 0 saturated carbocycles. The Morgan fingerprint density at radius 3 is 2.75 bits per heavy atom. The molecule has 4 rings (SSSR count). The van der Waals surface area contributed by atoms with E-state index in [1.807, 2.05) is 13.8 Å². The molecule has 3 aromatic rings. The number of aromatic nitrogens is 2. The number of thiophene rings is 1. The Labute approximate surface area is 137 Å². The number of alkyl halides is 3. The fraction of sp³-hybridized carbons (Fsp3) is 0.400. The van der Waals surface area contributed by atoms with Crippen LogP contribution in [-0.2, 0) is 23.9 Å². The molecule has 0 amide bonds. The van der Waals surface area contributed by atoms with E-state index < -0.39 is 17.7 Å². The van der Waals surface area contributed by atoms with Crippen LogP contribution in [0.2, 0.25) is 0 Å². The lowest BCUT2D eigenvalue weighted by Gasteiger charge is -2.30. The van der Waals surface area contributed by atoms with Crippen LogP contribution < -0.4 is 5.63 Å². The van der Waals surface area contributed by atoms with Gasteiger partial charge < -0.3 is 9.15 Å². The largest absolute Gasteiger partial charge is 0.469 e. The van der Waals surface area contributed by atoms with E-state index in [1.54, 1.807) is 6.07 Å². The van der Waals surface area contributed by atoms with Gasteiger partial charge >= 0.3 is 17.7 Å². The van der Waals surface area contributed by atoms with Gasteiger partial charge in [-0.25, -0.2) is 14.8 Å². The van der Waals surface area contributed by atoms with Gasteiger partial charge in [-0.3, -0.25) is 0 Å². The minimum absolute atomic E-state index is 0.0290. The number of halogens is 3. The smallest absolute Gasteiger partial charge is 0.398 e. The Bertz CT molecular complexity index is 1040. The van der Waals surface area contributed by atoms with Gasteiger partial charge in [-0.2, -0.15) is 13.2 Å². The third-order valence-corrected chi connectivity index (χ3v) is 4.94. The van der Waals surface area contributed by atoms with E-state index in [2.05, 4.69) is 14.4 Å². The third kappa shape index (κ3) is 2.39. The molecule has 3 aromatic heterocycles. The summed E-state index contributed by atoms with van der Waals surface area (Å²) in [5.41, 5.74) is 0.185. The molecule has 0 aliphatic carbocycles. The number of rotatable bonds is 0. The van der Waals surface area contributed by atoms with E-state index >= 15 is 0 Å². The molecule has 0 fully saturated rings. The van der Waals surface area contributed by atoms with E-state index in [-0.39, 0.29) is 15.8 Å². The molecule has 0 atom stereocenters. The maximum Gasteiger partial charge on any atom is 0.469 e. The van der Waals surface area contributed by atoms with E-state index in [9.17, 15) is 18.0 Å². The normalized spacial score (nSPS) is 17.4. The van der Waals surface area contributed by atoms with Crippen LogP contribution in [0.4, 0.5) is 13.2 Å². The Balaban J connectivity index is 2.01. The van der Waals surface area contributed by atoms with Crippen LogP contribution in [0.25, 0.3) is 20.4 Å². The molecule has 4 heterocycles. The molecule has 9 heteroatoms.